The highest BCUT2D eigenvalue weighted by Crippen LogP contribution is 2.37. The average Bonchev–Trinajstić information content (AvgIpc) is 3.28. The SMILES string of the molecule is Cc1c(Cc2ccc3c(c2)OCO3)sc(NC(=O)c2cc(Cl)ccc2Cl)c1C#N. The van der Waals surface area contributed by atoms with E-state index in [0.29, 0.717) is 32.8 Å². The zero-order valence-corrected chi connectivity index (χ0v) is 17.5. The van der Waals surface area contributed by atoms with E-state index in [2.05, 4.69) is 11.4 Å². The summed E-state index contributed by atoms with van der Waals surface area (Å²) in [5.74, 6) is 1.02. The number of anilines is 1. The van der Waals surface area contributed by atoms with Crippen LogP contribution in [0.3, 0.4) is 0 Å². The first-order valence-electron chi connectivity index (χ1n) is 8.63. The Hall–Kier alpha value is -2.72. The highest BCUT2D eigenvalue weighted by molar-refractivity contribution is 7.16. The molecule has 8 heteroatoms. The number of amides is 1. The minimum Gasteiger partial charge on any atom is -0.454 e. The first-order valence-corrected chi connectivity index (χ1v) is 10.2. The molecule has 29 heavy (non-hydrogen) atoms. The van der Waals surface area contributed by atoms with Gasteiger partial charge in [0, 0.05) is 16.3 Å². The second kappa shape index (κ2) is 7.96. The predicted octanol–water partition coefficient (Wildman–Crippen LogP) is 5.81. The quantitative estimate of drug-likeness (QED) is 0.551. The molecule has 5 nitrogen and oxygen atoms in total. The number of halogens is 2. The third-order valence-corrected chi connectivity index (χ3v) is 6.33. The van der Waals surface area contributed by atoms with E-state index in [1.807, 2.05) is 25.1 Å². The van der Waals surface area contributed by atoms with Gasteiger partial charge in [-0.05, 0) is 48.4 Å². The second-order valence-electron chi connectivity index (χ2n) is 6.41. The lowest BCUT2D eigenvalue weighted by atomic mass is 10.1. The van der Waals surface area contributed by atoms with Gasteiger partial charge in [0.2, 0.25) is 6.79 Å². The Morgan fingerprint density at radius 3 is 2.79 bits per heavy atom. The Morgan fingerprint density at radius 1 is 1.21 bits per heavy atom. The summed E-state index contributed by atoms with van der Waals surface area (Å²) in [7, 11) is 0. The summed E-state index contributed by atoms with van der Waals surface area (Å²) < 4.78 is 10.8. The van der Waals surface area contributed by atoms with Crippen molar-refractivity contribution in [2.24, 2.45) is 0 Å². The van der Waals surface area contributed by atoms with E-state index in [9.17, 15) is 10.1 Å². The Labute approximate surface area is 181 Å². The predicted molar refractivity (Wildman–Crippen MR) is 114 cm³/mol. The van der Waals surface area contributed by atoms with Crippen molar-refractivity contribution in [3.63, 3.8) is 0 Å². The Bertz CT molecular complexity index is 1170. The van der Waals surface area contributed by atoms with Gasteiger partial charge in [-0.1, -0.05) is 29.3 Å². The van der Waals surface area contributed by atoms with E-state index in [-0.39, 0.29) is 12.4 Å². The number of carbonyl (C=O) groups excluding carboxylic acids is 1. The monoisotopic (exact) mass is 444 g/mol. The lowest BCUT2D eigenvalue weighted by molar-refractivity contribution is 0.102. The van der Waals surface area contributed by atoms with Crippen LogP contribution in [0.15, 0.2) is 36.4 Å². The van der Waals surface area contributed by atoms with Crippen LogP contribution in [0.25, 0.3) is 0 Å². The molecule has 1 aromatic heterocycles. The fourth-order valence-electron chi connectivity index (χ4n) is 3.03. The van der Waals surface area contributed by atoms with Gasteiger partial charge in [0.05, 0.1) is 16.1 Å². The highest BCUT2D eigenvalue weighted by atomic mass is 35.5. The fourth-order valence-corrected chi connectivity index (χ4v) is 4.59. The smallest absolute Gasteiger partial charge is 0.257 e. The van der Waals surface area contributed by atoms with E-state index in [1.54, 1.807) is 12.1 Å². The van der Waals surface area contributed by atoms with Crippen LogP contribution in [0.2, 0.25) is 10.0 Å². The summed E-state index contributed by atoms with van der Waals surface area (Å²) in [6.45, 7) is 2.09. The number of nitrogens with one attached hydrogen (secondary N) is 1. The van der Waals surface area contributed by atoms with Gasteiger partial charge in [-0.25, -0.2) is 0 Å². The van der Waals surface area contributed by atoms with Crippen molar-refractivity contribution in [3.05, 3.63) is 73.6 Å². The van der Waals surface area contributed by atoms with Gasteiger partial charge < -0.3 is 14.8 Å². The maximum absolute atomic E-state index is 12.7. The molecule has 0 spiro atoms. The van der Waals surface area contributed by atoms with Crippen LogP contribution in [-0.2, 0) is 6.42 Å². The Balaban J connectivity index is 1.61. The second-order valence-corrected chi connectivity index (χ2v) is 8.36. The van der Waals surface area contributed by atoms with Crippen LogP contribution < -0.4 is 14.8 Å². The van der Waals surface area contributed by atoms with Gasteiger partial charge in [-0.2, -0.15) is 5.26 Å². The number of benzene rings is 2. The van der Waals surface area contributed by atoms with Gasteiger partial charge >= 0.3 is 0 Å². The van der Waals surface area contributed by atoms with Crippen LogP contribution in [0.5, 0.6) is 11.5 Å². The summed E-state index contributed by atoms with van der Waals surface area (Å²) in [4.78, 5) is 13.7. The first-order chi connectivity index (χ1) is 14.0. The molecule has 0 saturated heterocycles. The third-order valence-electron chi connectivity index (χ3n) is 4.56. The zero-order valence-electron chi connectivity index (χ0n) is 15.2. The standard InChI is InChI=1S/C21H14Cl2N2O3S/c1-11-15(9-24)21(25-20(26)14-8-13(22)3-4-16(14)23)29-19(11)7-12-2-5-17-18(6-12)28-10-27-17/h2-6,8H,7,10H2,1H3,(H,25,26). The molecular formula is C21H14Cl2N2O3S. The van der Waals surface area contributed by atoms with E-state index < -0.39 is 5.91 Å². The molecule has 0 fully saturated rings. The van der Waals surface area contributed by atoms with Crippen LogP contribution in [0, 0.1) is 18.3 Å². The van der Waals surface area contributed by atoms with Crippen LogP contribution in [0.4, 0.5) is 5.00 Å². The molecule has 0 atom stereocenters. The number of rotatable bonds is 4. The summed E-state index contributed by atoms with van der Waals surface area (Å²) >= 11 is 13.5. The van der Waals surface area contributed by atoms with Crippen LogP contribution in [-0.4, -0.2) is 12.7 Å². The number of nitriles is 1. The van der Waals surface area contributed by atoms with Crippen molar-refractivity contribution in [3.8, 4) is 17.6 Å². The molecule has 0 bridgehead atoms. The minimum absolute atomic E-state index is 0.220. The Kier molecular flexibility index (Phi) is 5.37. The molecule has 1 amide bonds. The Morgan fingerprint density at radius 2 is 2.00 bits per heavy atom. The summed E-state index contributed by atoms with van der Waals surface area (Å²) in [6, 6.07) is 12.6. The molecule has 1 aliphatic rings. The molecule has 146 valence electrons. The fraction of sp³-hybridized carbons (Fsp3) is 0.143. The van der Waals surface area contributed by atoms with Gasteiger partial charge in [-0.3, -0.25) is 4.79 Å². The maximum Gasteiger partial charge on any atom is 0.257 e. The summed E-state index contributed by atoms with van der Waals surface area (Å²) in [5.41, 5.74) is 2.56. The van der Waals surface area contributed by atoms with Gasteiger partial charge in [0.25, 0.3) is 5.91 Å². The highest BCUT2D eigenvalue weighted by Gasteiger charge is 2.20. The van der Waals surface area contributed by atoms with Crippen molar-refractivity contribution in [1.29, 1.82) is 5.26 Å². The van der Waals surface area contributed by atoms with Gasteiger partial charge in [0.15, 0.2) is 11.5 Å². The van der Waals surface area contributed by atoms with E-state index >= 15 is 0 Å². The van der Waals surface area contributed by atoms with Crippen molar-refractivity contribution < 1.29 is 14.3 Å². The molecule has 1 aliphatic heterocycles. The number of fused-ring (bicyclic) bond motifs is 1. The lowest BCUT2D eigenvalue weighted by Gasteiger charge is -2.06. The molecular weight excluding hydrogens is 431 g/mol. The molecule has 0 aliphatic carbocycles. The number of carbonyl (C=O) groups is 1. The maximum atomic E-state index is 12.7. The van der Waals surface area contributed by atoms with Gasteiger partial charge in [-0.15, -0.1) is 11.3 Å². The zero-order chi connectivity index (χ0) is 20.5. The first kappa shape index (κ1) is 19.6. The minimum atomic E-state index is -0.412. The normalized spacial score (nSPS) is 11.9. The lowest BCUT2D eigenvalue weighted by Crippen LogP contribution is -2.12. The summed E-state index contributed by atoms with van der Waals surface area (Å²) in [6.07, 6.45) is 0.607. The van der Waals surface area contributed by atoms with Crippen LogP contribution >= 0.6 is 34.5 Å². The molecule has 2 aromatic carbocycles. The third kappa shape index (κ3) is 3.90. The molecule has 3 aromatic rings. The number of nitrogens with zero attached hydrogens (tertiary/aromatic N) is 1. The number of hydrogen-bond donors (Lipinski definition) is 1. The van der Waals surface area contributed by atoms with E-state index in [4.69, 9.17) is 32.7 Å². The average molecular weight is 445 g/mol. The van der Waals surface area contributed by atoms with Crippen molar-refractivity contribution in [2.75, 3.05) is 12.1 Å². The van der Waals surface area contributed by atoms with E-state index in [1.165, 1.54) is 17.4 Å². The molecule has 0 unspecified atom stereocenters. The molecule has 1 N–H and O–H groups in total. The number of thiophene rings is 1. The molecule has 4 rings (SSSR count). The molecule has 0 radical (unpaired) electrons. The summed E-state index contributed by atoms with van der Waals surface area (Å²) in [5, 5.41) is 13.6. The number of ether oxygens (including phenoxy) is 2. The molecule has 0 saturated carbocycles. The topological polar surface area (TPSA) is 71.3 Å². The van der Waals surface area contributed by atoms with E-state index in [0.717, 1.165) is 21.8 Å². The van der Waals surface area contributed by atoms with Crippen molar-refractivity contribution in [2.45, 2.75) is 13.3 Å². The molecule has 2 heterocycles. The van der Waals surface area contributed by atoms with Crippen molar-refractivity contribution >= 4 is 45.4 Å². The largest absolute Gasteiger partial charge is 0.454 e. The van der Waals surface area contributed by atoms with Crippen molar-refractivity contribution in [1.82, 2.24) is 0 Å². The van der Waals surface area contributed by atoms with Gasteiger partial charge in [0.1, 0.15) is 11.1 Å². The van der Waals surface area contributed by atoms with Crippen LogP contribution in [0.1, 0.15) is 31.9 Å². The number of hydrogen-bond acceptors (Lipinski definition) is 5.